The minimum absolute atomic E-state index is 0.0313. The lowest BCUT2D eigenvalue weighted by atomic mass is 10.1. The number of carbonyl (C=O) groups is 2. The zero-order valence-electron chi connectivity index (χ0n) is 20.2. The van der Waals surface area contributed by atoms with Gasteiger partial charge in [0.15, 0.2) is 16.6 Å². The molecule has 0 bridgehead atoms. The summed E-state index contributed by atoms with van der Waals surface area (Å²) in [7, 11) is 0. The Labute approximate surface area is 239 Å². The molecular weight excluding hydrogens is 623 g/mol. The smallest absolute Gasteiger partial charge is 0.270 e. The Kier molecular flexibility index (Phi) is 8.83. The van der Waals surface area contributed by atoms with E-state index in [1.54, 1.807) is 6.07 Å². The van der Waals surface area contributed by atoms with E-state index in [2.05, 4.69) is 34.8 Å². The normalized spacial score (nSPS) is 14.6. The van der Waals surface area contributed by atoms with E-state index < -0.39 is 11.8 Å². The molecule has 0 aromatic heterocycles. The van der Waals surface area contributed by atoms with Gasteiger partial charge in [0.1, 0.15) is 12.2 Å². The van der Waals surface area contributed by atoms with E-state index in [9.17, 15) is 9.59 Å². The zero-order chi connectivity index (χ0) is 26.5. The summed E-state index contributed by atoms with van der Waals surface area (Å²) in [5, 5.41) is 3.29. The van der Waals surface area contributed by atoms with Crippen molar-refractivity contribution >= 4 is 75.1 Å². The monoisotopic (exact) mass is 646 g/mol. The molecule has 2 amide bonds. The van der Waals surface area contributed by atoms with Gasteiger partial charge < -0.3 is 9.47 Å². The Hall–Kier alpha value is -2.95. The van der Waals surface area contributed by atoms with E-state index in [0.717, 1.165) is 21.1 Å². The largest absolute Gasteiger partial charge is 0.490 e. The molecule has 9 heteroatoms. The van der Waals surface area contributed by atoms with Crippen molar-refractivity contribution in [1.29, 1.82) is 0 Å². The topological polar surface area (TPSA) is 67.9 Å². The first-order chi connectivity index (χ1) is 17.8. The molecule has 0 saturated carbocycles. The van der Waals surface area contributed by atoms with Gasteiger partial charge in [-0.05, 0) is 95.7 Å². The van der Waals surface area contributed by atoms with Crippen molar-refractivity contribution in [3.05, 3.63) is 91.5 Å². The van der Waals surface area contributed by atoms with Crippen LogP contribution in [-0.2, 0) is 22.6 Å². The fourth-order valence-corrected chi connectivity index (χ4v) is 5.03. The van der Waals surface area contributed by atoms with E-state index in [0.29, 0.717) is 34.4 Å². The minimum atomic E-state index is -0.552. The number of thiocarbonyl (C=S) groups is 1. The van der Waals surface area contributed by atoms with Crippen LogP contribution in [0.15, 0.2) is 66.2 Å². The summed E-state index contributed by atoms with van der Waals surface area (Å²) in [5.41, 5.74) is 3.16. The Bertz CT molecular complexity index is 1390. The maximum Gasteiger partial charge on any atom is 0.270 e. The molecule has 3 aromatic rings. The first-order valence-electron chi connectivity index (χ1n) is 11.6. The summed E-state index contributed by atoms with van der Waals surface area (Å²) in [4.78, 5) is 27.5. The number of carbonyl (C=O) groups excluding carboxylic acids is 2. The third-order valence-corrected chi connectivity index (χ3v) is 7.13. The Morgan fingerprint density at radius 1 is 1.05 bits per heavy atom. The quantitative estimate of drug-likeness (QED) is 0.134. The average Bonchev–Trinajstić information content (AvgIpc) is 2.87. The number of aryl methyl sites for hydroxylation is 1. The van der Waals surface area contributed by atoms with Gasteiger partial charge in [-0.15, -0.1) is 0 Å². The molecule has 0 radical (unpaired) electrons. The van der Waals surface area contributed by atoms with Gasteiger partial charge in [-0.25, -0.2) is 0 Å². The molecule has 1 heterocycles. The molecule has 0 aliphatic carbocycles. The van der Waals surface area contributed by atoms with Gasteiger partial charge in [-0.1, -0.05) is 48.9 Å². The van der Waals surface area contributed by atoms with Crippen LogP contribution in [0.5, 0.6) is 11.5 Å². The third kappa shape index (κ3) is 6.14. The lowest BCUT2D eigenvalue weighted by Gasteiger charge is -2.29. The summed E-state index contributed by atoms with van der Waals surface area (Å²) in [6.07, 6.45) is 2.41. The van der Waals surface area contributed by atoms with Crippen molar-refractivity contribution in [3.8, 4) is 11.5 Å². The molecule has 0 spiro atoms. The van der Waals surface area contributed by atoms with E-state index in [4.69, 9.17) is 33.3 Å². The molecule has 1 fully saturated rings. The summed E-state index contributed by atoms with van der Waals surface area (Å²) in [5.74, 6) is 0.00992. The first-order valence-corrected chi connectivity index (χ1v) is 13.5. The molecule has 190 valence electrons. The molecule has 1 aliphatic rings. The lowest BCUT2D eigenvalue weighted by molar-refractivity contribution is -0.122. The molecule has 1 aliphatic heterocycles. The fraction of sp³-hybridized carbons (Fsp3) is 0.179. The summed E-state index contributed by atoms with van der Waals surface area (Å²) >= 11 is 13.7. The number of amides is 2. The maximum atomic E-state index is 13.4. The van der Waals surface area contributed by atoms with Gasteiger partial charge in [0, 0.05) is 10.6 Å². The van der Waals surface area contributed by atoms with E-state index in [1.807, 2.05) is 61.5 Å². The number of hydrogen-bond acceptors (Lipinski definition) is 5. The van der Waals surface area contributed by atoms with Gasteiger partial charge in [0.05, 0.1) is 15.9 Å². The number of rotatable bonds is 8. The van der Waals surface area contributed by atoms with Crippen LogP contribution in [0.25, 0.3) is 6.08 Å². The molecular formula is C28H24ClIN2O4S. The fourth-order valence-electron chi connectivity index (χ4n) is 3.78. The predicted molar refractivity (Wildman–Crippen MR) is 158 cm³/mol. The highest BCUT2D eigenvalue weighted by molar-refractivity contribution is 14.1. The molecule has 0 atom stereocenters. The zero-order valence-corrected chi connectivity index (χ0v) is 23.9. The summed E-state index contributed by atoms with van der Waals surface area (Å²) in [6.45, 7) is 4.60. The average molecular weight is 647 g/mol. The standard InChI is InChI=1S/C28H24ClIN2O4S/c1-3-17-9-11-20(12-10-17)32-27(34)21(26(33)31-28(32)37)13-18-14-23(30)25(24(15-18)35-4-2)36-16-19-7-5-6-8-22(19)29/h5-15H,3-4,16H2,1-2H3,(H,31,33,37)/b21-13+. The second-order valence-corrected chi connectivity index (χ2v) is 10.1. The van der Waals surface area contributed by atoms with Crippen LogP contribution in [0.3, 0.4) is 0 Å². The summed E-state index contributed by atoms with van der Waals surface area (Å²) in [6, 6.07) is 18.5. The maximum absolute atomic E-state index is 13.4. The number of benzene rings is 3. The van der Waals surface area contributed by atoms with Gasteiger partial charge in [-0.2, -0.15) is 0 Å². The third-order valence-electron chi connectivity index (χ3n) is 5.68. The predicted octanol–water partition coefficient (Wildman–Crippen LogP) is 6.32. The highest BCUT2D eigenvalue weighted by Gasteiger charge is 2.34. The number of ether oxygens (including phenoxy) is 2. The van der Waals surface area contributed by atoms with E-state index in [1.165, 1.54) is 11.0 Å². The molecule has 4 rings (SSSR count). The Balaban J connectivity index is 1.65. The van der Waals surface area contributed by atoms with E-state index >= 15 is 0 Å². The van der Waals surface area contributed by atoms with Crippen LogP contribution in [0, 0.1) is 3.57 Å². The van der Waals surface area contributed by atoms with Crippen LogP contribution in [0.1, 0.15) is 30.5 Å². The Morgan fingerprint density at radius 3 is 2.46 bits per heavy atom. The van der Waals surface area contributed by atoms with Crippen molar-refractivity contribution in [2.24, 2.45) is 0 Å². The van der Waals surface area contributed by atoms with Crippen LogP contribution < -0.4 is 19.7 Å². The number of nitrogens with one attached hydrogen (secondary N) is 1. The van der Waals surface area contributed by atoms with Crippen molar-refractivity contribution < 1.29 is 19.1 Å². The van der Waals surface area contributed by atoms with Crippen LogP contribution in [-0.4, -0.2) is 23.5 Å². The van der Waals surface area contributed by atoms with Gasteiger partial charge in [0.25, 0.3) is 11.8 Å². The molecule has 0 unspecified atom stereocenters. The number of anilines is 1. The van der Waals surface area contributed by atoms with Crippen LogP contribution in [0.2, 0.25) is 5.02 Å². The second kappa shape index (κ2) is 12.1. The van der Waals surface area contributed by atoms with Gasteiger partial charge >= 0.3 is 0 Å². The number of hydrogen-bond donors (Lipinski definition) is 1. The van der Waals surface area contributed by atoms with Gasteiger partial charge in [0.2, 0.25) is 0 Å². The van der Waals surface area contributed by atoms with Crippen LogP contribution in [0.4, 0.5) is 5.69 Å². The summed E-state index contributed by atoms with van der Waals surface area (Å²) < 4.78 is 12.7. The highest BCUT2D eigenvalue weighted by atomic mass is 127. The number of nitrogens with zero attached hydrogens (tertiary/aromatic N) is 1. The molecule has 1 saturated heterocycles. The van der Waals surface area contributed by atoms with Gasteiger partial charge in [-0.3, -0.25) is 19.8 Å². The lowest BCUT2D eigenvalue weighted by Crippen LogP contribution is -2.54. The van der Waals surface area contributed by atoms with Crippen LogP contribution >= 0.6 is 46.4 Å². The minimum Gasteiger partial charge on any atom is -0.490 e. The van der Waals surface area contributed by atoms with Crippen molar-refractivity contribution in [3.63, 3.8) is 0 Å². The van der Waals surface area contributed by atoms with Crippen molar-refractivity contribution in [2.75, 3.05) is 11.5 Å². The molecule has 3 aromatic carbocycles. The Morgan fingerprint density at radius 2 is 1.78 bits per heavy atom. The SMILES string of the molecule is CCOc1cc(/C=C2\C(=O)NC(=S)N(c3ccc(CC)cc3)C2=O)cc(I)c1OCc1ccccc1Cl. The molecule has 1 N–H and O–H groups in total. The van der Waals surface area contributed by atoms with Crippen molar-refractivity contribution in [1.82, 2.24) is 5.32 Å². The molecule has 37 heavy (non-hydrogen) atoms. The van der Waals surface area contributed by atoms with Crippen molar-refractivity contribution in [2.45, 2.75) is 26.9 Å². The van der Waals surface area contributed by atoms with E-state index in [-0.39, 0.29) is 17.3 Å². The second-order valence-electron chi connectivity index (χ2n) is 8.12. The first kappa shape index (κ1) is 27.1. The molecule has 6 nitrogen and oxygen atoms in total. The highest BCUT2D eigenvalue weighted by Crippen LogP contribution is 2.36. The number of halogens is 2.